The second-order valence-corrected chi connectivity index (χ2v) is 9.79. The largest absolute Gasteiger partial charge is 0.378 e. The lowest BCUT2D eigenvalue weighted by Gasteiger charge is -2.27. The fraction of sp³-hybridized carbons (Fsp3) is 0.417. The fourth-order valence-electron chi connectivity index (χ4n) is 4.58. The summed E-state index contributed by atoms with van der Waals surface area (Å²) in [7, 11) is 0. The number of benzene rings is 1. The lowest BCUT2D eigenvalue weighted by Crippen LogP contribution is -2.37. The Bertz CT molecular complexity index is 1240. The van der Waals surface area contributed by atoms with Crippen LogP contribution in [0, 0.1) is 0 Å². The molecule has 2 fully saturated rings. The van der Waals surface area contributed by atoms with Gasteiger partial charge in [-0.1, -0.05) is 18.6 Å². The molecule has 2 aliphatic heterocycles. The van der Waals surface area contributed by atoms with Crippen molar-refractivity contribution in [1.29, 1.82) is 0 Å². The van der Waals surface area contributed by atoms with Crippen molar-refractivity contribution in [1.82, 2.24) is 30.0 Å². The van der Waals surface area contributed by atoms with Crippen molar-refractivity contribution in [3.63, 3.8) is 0 Å². The summed E-state index contributed by atoms with van der Waals surface area (Å²) in [6.07, 6.45) is 5.80. The van der Waals surface area contributed by atoms with E-state index in [1.807, 2.05) is 18.3 Å². The predicted molar refractivity (Wildman–Crippen MR) is 130 cm³/mol. The molecule has 6 rings (SSSR count). The van der Waals surface area contributed by atoms with Crippen LogP contribution in [0.25, 0.3) is 33.0 Å². The number of fused-ring (bicyclic) bond motifs is 1. The minimum absolute atomic E-state index is 0.680. The van der Waals surface area contributed by atoms with Crippen LogP contribution in [0.1, 0.15) is 24.1 Å². The lowest BCUT2D eigenvalue weighted by molar-refractivity contribution is 0.122. The molecule has 0 saturated carbocycles. The van der Waals surface area contributed by atoms with Crippen LogP contribution in [0.15, 0.2) is 36.5 Å². The normalized spacial score (nSPS) is 17.6. The molecule has 5 heterocycles. The number of hydrogen-bond acceptors (Lipinski definition) is 8. The summed E-state index contributed by atoms with van der Waals surface area (Å²) in [5, 5.41) is 8.27. The SMILES string of the molecule is c1cc(-c2nc(-c3ccc(CN4CCCCC4)s3)nc(N3CCOCC3)n2)c2cn[nH]c2c1. The van der Waals surface area contributed by atoms with E-state index >= 15 is 0 Å². The first-order valence-corrected chi connectivity index (χ1v) is 12.5. The smallest absolute Gasteiger partial charge is 0.229 e. The summed E-state index contributed by atoms with van der Waals surface area (Å²) in [6, 6.07) is 10.5. The summed E-state index contributed by atoms with van der Waals surface area (Å²) in [5.41, 5.74) is 1.94. The van der Waals surface area contributed by atoms with Crippen molar-refractivity contribution in [3.05, 3.63) is 41.4 Å². The molecule has 170 valence electrons. The first-order valence-electron chi connectivity index (χ1n) is 11.7. The number of morpholine rings is 1. The zero-order chi connectivity index (χ0) is 22.0. The summed E-state index contributed by atoms with van der Waals surface area (Å²) in [4.78, 5) is 21.9. The van der Waals surface area contributed by atoms with Crippen molar-refractivity contribution in [3.8, 4) is 22.1 Å². The molecule has 8 nitrogen and oxygen atoms in total. The molecule has 33 heavy (non-hydrogen) atoms. The molecule has 0 aliphatic carbocycles. The second-order valence-electron chi connectivity index (χ2n) is 8.62. The number of thiophene rings is 1. The summed E-state index contributed by atoms with van der Waals surface area (Å²) in [5.74, 6) is 2.13. The number of piperidine rings is 1. The van der Waals surface area contributed by atoms with E-state index in [-0.39, 0.29) is 0 Å². The van der Waals surface area contributed by atoms with Crippen molar-refractivity contribution < 1.29 is 4.74 Å². The zero-order valence-corrected chi connectivity index (χ0v) is 19.4. The maximum absolute atomic E-state index is 5.55. The van der Waals surface area contributed by atoms with Gasteiger partial charge in [-0.05, 0) is 44.1 Å². The number of aromatic amines is 1. The van der Waals surface area contributed by atoms with Gasteiger partial charge in [0.25, 0.3) is 0 Å². The number of aromatic nitrogens is 5. The first-order chi connectivity index (χ1) is 16.3. The highest BCUT2D eigenvalue weighted by molar-refractivity contribution is 7.15. The number of nitrogens with one attached hydrogen (secondary N) is 1. The Morgan fingerprint density at radius 3 is 2.64 bits per heavy atom. The molecule has 0 unspecified atom stereocenters. The Morgan fingerprint density at radius 1 is 0.909 bits per heavy atom. The van der Waals surface area contributed by atoms with Crippen molar-refractivity contribution in [2.24, 2.45) is 0 Å². The van der Waals surface area contributed by atoms with Gasteiger partial charge < -0.3 is 9.64 Å². The number of hydrogen-bond donors (Lipinski definition) is 1. The van der Waals surface area contributed by atoms with E-state index in [0.717, 1.165) is 46.8 Å². The molecular weight excluding hydrogens is 434 g/mol. The molecular formula is C24H27N7OS. The van der Waals surface area contributed by atoms with Gasteiger partial charge in [-0.15, -0.1) is 11.3 Å². The van der Waals surface area contributed by atoms with Gasteiger partial charge >= 0.3 is 0 Å². The second kappa shape index (κ2) is 9.17. The van der Waals surface area contributed by atoms with Crippen LogP contribution in [0.5, 0.6) is 0 Å². The maximum Gasteiger partial charge on any atom is 0.229 e. The Labute approximate surface area is 196 Å². The number of nitrogens with zero attached hydrogens (tertiary/aromatic N) is 6. The van der Waals surface area contributed by atoms with Crippen LogP contribution in [0.2, 0.25) is 0 Å². The number of rotatable bonds is 5. The molecule has 2 saturated heterocycles. The number of anilines is 1. The van der Waals surface area contributed by atoms with E-state index in [9.17, 15) is 0 Å². The minimum Gasteiger partial charge on any atom is -0.378 e. The molecule has 2 aliphatic rings. The lowest BCUT2D eigenvalue weighted by atomic mass is 10.1. The Balaban J connectivity index is 1.38. The molecule has 0 spiro atoms. The molecule has 0 radical (unpaired) electrons. The van der Waals surface area contributed by atoms with Gasteiger partial charge in [0, 0.05) is 35.5 Å². The zero-order valence-electron chi connectivity index (χ0n) is 18.5. The van der Waals surface area contributed by atoms with Crippen LogP contribution in [-0.2, 0) is 11.3 Å². The van der Waals surface area contributed by atoms with E-state index < -0.39 is 0 Å². The van der Waals surface area contributed by atoms with Gasteiger partial charge in [0.2, 0.25) is 5.95 Å². The van der Waals surface area contributed by atoms with E-state index in [2.05, 4.69) is 38.2 Å². The van der Waals surface area contributed by atoms with Gasteiger partial charge in [0.15, 0.2) is 11.6 Å². The van der Waals surface area contributed by atoms with Crippen LogP contribution in [0.4, 0.5) is 5.95 Å². The van der Waals surface area contributed by atoms with Gasteiger partial charge in [0.05, 0.1) is 29.8 Å². The minimum atomic E-state index is 0.680. The third-order valence-corrected chi connectivity index (χ3v) is 7.42. The molecule has 4 aromatic rings. The van der Waals surface area contributed by atoms with E-state index in [0.29, 0.717) is 25.0 Å². The fourth-order valence-corrected chi connectivity index (χ4v) is 5.57. The highest BCUT2D eigenvalue weighted by atomic mass is 32.1. The first kappa shape index (κ1) is 20.7. The van der Waals surface area contributed by atoms with E-state index in [1.165, 1.54) is 37.2 Å². The third-order valence-electron chi connectivity index (χ3n) is 6.35. The van der Waals surface area contributed by atoms with Crippen molar-refractivity contribution in [2.75, 3.05) is 44.3 Å². The summed E-state index contributed by atoms with van der Waals surface area (Å²) < 4.78 is 5.55. The molecule has 1 aromatic carbocycles. The van der Waals surface area contributed by atoms with Gasteiger partial charge in [-0.25, -0.2) is 4.98 Å². The predicted octanol–water partition coefficient (Wildman–Crippen LogP) is 3.97. The number of ether oxygens (including phenoxy) is 1. The molecule has 9 heteroatoms. The highest BCUT2D eigenvalue weighted by Gasteiger charge is 2.20. The summed E-state index contributed by atoms with van der Waals surface area (Å²) in [6.45, 7) is 6.33. The van der Waals surface area contributed by atoms with Gasteiger partial charge in [0.1, 0.15) is 0 Å². The molecule has 3 aromatic heterocycles. The van der Waals surface area contributed by atoms with Crippen molar-refractivity contribution >= 4 is 28.2 Å². The Morgan fingerprint density at radius 2 is 1.76 bits per heavy atom. The van der Waals surface area contributed by atoms with Crippen LogP contribution >= 0.6 is 11.3 Å². The average molecular weight is 462 g/mol. The van der Waals surface area contributed by atoms with E-state index in [4.69, 9.17) is 19.7 Å². The average Bonchev–Trinajstić information content (AvgIpc) is 3.55. The van der Waals surface area contributed by atoms with Crippen LogP contribution in [0.3, 0.4) is 0 Å². The van der Waals surface area contributed by atoms with Crippen molar-refractivity contribution in [2.45, 2.75) is 25.8 Å². The Hall–Kier alpha value is -2.88. The molecule has 0 bridgehead atoms. The van der Waals surface area contributed by atoms with Crippen LogP contribution in [-0.4, -0.2) is 69.4 Å². The number of H-pyrrole nitrogens is 1. The molecule has 0 amide bonds. The topological polar surface area (TPSA) is 83.1 Å². The van der Waals surface area contributed by atoms with Crippen LogP contribution < -0.4 is 4.90 Å². The van der Waals surface area contributed by atoms with E-state index in [1.54, 1.807) is 11.3 Å². The van der Waals surface area contributed by atoms with Gasteiger partial charge in [-0.3, -0.25) is 10.00 Å². The monoisotopic (exact) mass is 461 g/mol. The Kier molecular flexibility index (Phi) is 5.75. The third kappa shape index (κ3) is 4.36. The quantitative estimate of drug-likeness (QED) is 0.482. The van der Waals surface area contributed by atoms with Gasteiger partial charge in [-0.2, -0.15) is 15.1 Å². The molecule has 0 atom stereocenters. The highest BCUT2D eigenvalue weighted by Crippen LogP contribution is 2.31. The number of likely N-dealkylation sites (tertiary alicyclic amines) is 1. The molecule has 1 N–H and O–H groups in total. The standard InChI is InChI=1S/C24H27N7OS/c1-2-9-30(10-3-1)16-17-7-8-21(33-17)23-26-22(18-5-4-6-20-19(18)15-25-29-20)27-24(28-23)31-11-13-32-14-12-31/h4-8,15H,1-3,9-14,16H2,(H,25,29). The maximum atomic E-state index is 5.55. The summed E-state index contributed by atoms with van der Waals surface area (Å²) >= 11 is 1.79.